The molecule has 0 radical (unpaired) electrons. The van der Waals surface area contributed by atoms with E-state index in [1.54, 1.807) is 0 Å². The number of halogens is 2. The van der Waals surface area contributed by atoms with Gasteiger partial charge < -0.3 is 4.74 Å². The summed E-state index contributed by atoms with van der Waals surface area (Å²) in [4.78, 5) is 3.10. The number of alkyl halides is 2. The van der Waals surface area contributed by atoms with Crippen LogP contribution < -0.4 is 4.74 Å². The van der Waals surface area contributed by atoms with Crippen LogP contribution in [0.25, 0.3) is 4.85 Å². The molecule has 0 atom stereocenters. The fraction of sp³-hybridized carbons (Fsp3) is 0.125. The largest absolute Gasteiger partial charge is 0.435 e. The van der Waals surface area contributed by atoms with Crippen molar-refractivity contribution in [3.8, 4) is 5.75 Å². The summed E-state index contributed by atoms with van der Waals surface area (Å²) in [5.74, 6) is 0.0670. The maximum absolute atomic E-state index is 11.6. The van der Waals surface area contributed by atoms with E-state index in [4.69, 9.17) is 6.57 Å². The molecular formula is C8H5F2NO. The molecule has 0 saturated heterocycles. The van der Waals surface area contributed by atoms with Gasteiger partial charge in [0.05, 0.1) is 6.57 Å². The van der Waals surface area contributed by atoms with Crippen molar-refractivity contribution >= 4 is 5.69 Å². The van der Waals surface area contributed by atoms with Gasteiger partial charge in [0.25, 0.3) is 0 Å². The normalized spacial score (nSPS) is 9.50. The van der Waals surface area contributed by atoms with Crippen LogP contribution in [0.2, 0.25) is 0 Å². The predicted molar refractivity (Wildman–Crippen MR) is 39.3 cm³/mol. The van der Waals surface area contributed by atoms with E-state index in [1.165, 1.54) is 24.3 Å². The Morgan fingerprint density at radius 1 is 1.25 bits per heavy atom. The topological polar surface area (TPSA) is 13.6 Å². The van der Waals surface area contributed by atoms with Crippen LogP contribution in [0.3, 0.4) is 0 Å². The molecule has 1 rings (SSSR count). The Bertz CT molecular complexity index is 289. The number of rotatable bonds is 2. The van der Waals surface area contributed by atoms with Crippen molar-refractivity contribution < 1.29 is 13.5 Å². The highest BCUT2D eigenvalue weighted by atomic mass is 19.3. The van der Waals surface area contributed by atoms with Gasteiger partial charge in [0.1, 0.15) is 5.75 Å². The maximum atomic E-state index is 11.6. The molecule has 0 unspecified atom stereocenters. The average Bonchev–Trinajstić information content (AvgIpc) is 2.05. The molecule has 0 N–H and O–H groups in total. The second-order valence-corrected chi connectivity index (χ2v) is 1.98. The second-order valence-electron chi connectivity index (χ2n) is 1.98. The number of benzene rings is 1. The molecule has 0 saturated carbocycles. The summed E-state index contributed by atoms with van der Waals surface area (Å²) in [6.07, 6.45) is 0. The van der Waals surface area contributed by atoms with Crippen LogP contribution in [0, 0.1) is 6.57 Å². The van der Waals surface area contributed by atoms with Crippen molar-refractivity contribution in [2.75, 3.05) is 0 Å². The summed E-state index contributed by atoms with van der Waals surface area (Å²) in [7, 11) is 0. The van der Waals surface area contributed by atoms with E-state index in [0.717, 1.165) is 0 Å². The molecule has 1 aromatic rings. The zero-order valence-electron chi connectivity index (χ0n) is 6.00. The van der Waals surface area contributed by atoms with Crippen molar-refractivity contribution in [3.63, 3.8) is 0 Å². The third kappa shape index (κ3) is 2.20. The Hall–Kier alpha value is -1.63. The van der Waals surface area contributed by atoms with E-state index in [0.29, 0.717) is 5.69 Å². The fourth-order valence-electron chi connectivity index (χ4n) is 0.702. The summed E-state index contributed by atoms with van der Waals surface area (Å²) >= 11 is 0. The highest BCUT2D eigenvalue weighted by Gasteiger charge is 2.02. The zero-order valence-corrected chi connectivity index (χ0v) is 6.00. The van der Waals surface area contributed by atoms with Gasteiger partial charge in [-0.15, -0.1) is 0 Å². The van der Waals surface area contributed by atoms with Crippen molar-refractivity contribution in [2.24, 2.45) is 0 Å². The molecule has 1 aromatic carbocycles. The molecule has 62 valence electrons. The van der Waals surface area contributed by atoms with Gasteiger partial charge in [-0.3, -0.25) is 0 Å². The predicted octanol–water partition coefficient (Wildman–Crippen LogP) is 2.84. The van der Waals surface area contributed by atoms with Crippen LogP contribution >= 0.6 is 0 Å². The Balaban J connectivity index is 2.73. The lowest BCUT2D eigenvalue weighted by Gasteiger charge is -2.02. The summed E-state index contributed by atoms with van der Waals surface area (Å²) < 4.78 is 27.3. The van der Waals surface area contributed by atoms with Crippen molar-refractivity contribution in [3.05, 3.63) is 35.7 Å². The standard InChI is InChI=1S/C8H5F2NO/c1-11-6-2-4-7(5-3-6)12-8(9)10/h2-5,8H. The van der Waals surface area contributed by atoms with Gasteiger partial charge in [-0.1, -0.05) is 12.1 Å². The second kappa shape index (κ2) is 3.67. The lowest BCUT2D eigenvalue weighted by molar-refractivity contribution is -0.0498. The molecule has 0 aliphatic rings. The van der Waals surface area contributed by atoms with Crippen molar-refractivity contribution in [2.45, 2.75) is 6.61 Å². The molecular weight excluding hydrogens is 164 g/mol. The third-order valence-corrected chi connectivity index (χ3v) is 1.19. The van der Waals surface area contributed by atoms with Crippen molar-refractivity contribution in [1.82, 2.24) is 0 Å². The van der Waals surface area contributed by atoms with E-state index < -0.39 is 6.61 Å². The number of nitrogens with zero attached hydrogens (tertiary/aromatic N) is 1. The Morgan fingerprint density at radius 3 is 2.25 bits per heavy atom. The van der Waals surface area contributed by atoms with Crippen LogP contribution in [0.1, 0.15) is 0 Å². The van der Waals surface area contributed by atoms with Gasteiger partial charge in [0, 0.05) is 0 Å². The van der Waals surface area contributed by atoms with Gasteiger partial charge in [0.2, 0.25) is 0 Å². The minimum atomic E-state index is -2.82. The zero-order chi connectivity index (χ0) is 8.97. The maximum Gasteiger partial charge on any atom is 0.387 e. The molecule has 4 heteroatoms. The van der Waals surface area contributed by atoms with E-state index in [9.17, 15) is 8.78 Å². The highest BCUT2D eigenvalue weighted by Crippen LogP contribution is 2.19. The molecule has 0 amide bonds. The van der Waals surface area contributed by atoms with Gasteiger partial charge in [-0.05, 0) is 12.1 Å². The van der Waals surface area contributed by atoms with E-state index in [1.807, 2.05) is 0 Å². The van der Waals surface area contributed by atoms with Gasteiger partial charge >= 0.3 is 6.61 Å². The van der Waals surface area contributed by atoms with Crippen LogP contribution in [0.4, 0.5) is 14.5 Å². The van der Waals surface area contributed by atoms with Crippen LogP contribution in [-0.2, 0) is 0 Å². The fourth-order valence-corrected chi connectivity index (χ4v) is 0.702. The Kier molecular flexibility index (Phi) is 2.59. The Labute approximate surface area is 68.2 Å². The highest BCUT2D eigenvalue weighted by molar-refractivity contribution is 5.46. The smallest absolute Gasteiger partial charge is 0.387 e. The third-order valence-electron chi connectivity index (χ3n) is 1.19. The van der Waals surface area contributed by atoms with Crippen LogP contribution in [0.5, 0.6) is 5.75 Å². The summed E-state index contributed by atoms with van der Waals surface area (Å²) in [6.45, 7) is 3.78. The first-order valence-corrected chi connectivity index (χ1v) is 3.14. The first-order chi connectivity index (χ1) is 5.72. The van der Waals surface area contributed by atoms with E-state index in [-0.39, 0.29) is 5.75 Å². The lowest BCUT2D eigenvalue weighted by atomic mass is 10.3. The van der Waals surface area contributed by atoms with Crippen LogP contribution in [-0.4, -0.2) is 6.61 Å². The molecule has 0 aromatic heterocycles. The van der Waals surface area contributed by atoms with Gasteiger partial charge in [0.15, 0.2) is 5.69 Å². The molecule has 0 fully saturated rings. The summed E-state index contributed by atoms with van der Waals surface area (Å²) in [5, 5.41) is 0. The summed E-state index contributed by atoms with van der Waals surface area (Å²) in [6, 6.07) is 5.51. The minimum absolute atomic E-state index is 0.0670. The van der Waals surface area contributed by atoms with Crippen LogP contribution in [0.15, 0.2) is 24.3 Å². The minimum Gasteiger partial charge on any atom is -0.435 e. The average molecular weight is 169 g/mol. The molecule has 0 heterocycles. The molecule has 0 bridgehead atoms. The lowest BCUT2D eigenvalue weighted by Crippen LogP contribution is -2.01. The number of ether oxygens (including phenoxy) is 1. The molecule has 12 heavy (non-hydrogen) atoms. The number of hydrogen-bond donors (Lipinski definition) is 0. The molecule has 0 spiro atoms. The molecule has 2 nitrogen and oxygen atoms in total. The molecule has 0 aliphatic heterocycles. The first-order valence-electron chi connectivity index (χ1n) is 3.14. The van der Waals surface area contributed by atoms with Gasteiger partial charge in [-0.25, -0.2) is 4.85 Å². The number of hydrogen-bond acceptors (Lipinski definition) is 1. The monoisotopic (exact) mass is 169 g/mol. The van der Waals surface area contributed by atoms with E-state index >= 15 is 0 Å². The van der Waals surface area contributed by atoms with Crippen molar-refractivity contribution in [1.29, 1.82) is 0 Å². The molecule has 0 aliphatic carbocycles. The summed E-state index contributed by atoms with van der Waals surface area (Å²) in [5.41, 5.74) is 0.400. The Morgan fingerprint density at radius 2 is 1.83 bits per heavy atom. The quantitative estimate of drug-likeness (QED) is 0.620. The first kappa shape index (κ1) is 8.47. The van der Waals surface area contributed by atoms with Gasteiger partial charge in [-0.2, -0.15) is 8.78 Å². The van der Waals surface area contributed by atoms with E-state index in [2.05, 4.69) is 9.58 Å². The SMILES string of the molecule is [C-]#[N+]c1ccc(OC(F)F)cc1.